The number of nitrogens with zero attached hydrogens (tertiary/aromatic N) is 3. The van der Waals surface area contributed by atoms with Crippen molar-refractivity contribution in [2.24, 2.45) is 0 Å². The number of anilines is 1. The van der Waals surface area contributed by atoms with Crippen LogP contribution >= 0.6 is 0 Å². The van der Waals surface area contributed by atoms with Gasteiger partial charge in [0, 0.05) is 24.9 Å². The van der Waals surface area contributed by atoms with E-state index in [1.807, 2.05) is 30.3 Å². The Kier molecular flexibility index (Phi) is 7.09. The number of amides is 2. The van der Waals surface area contributed by atoms with Crippen LogP contribution < -0.4 is 5.32 Å². The lowest BCUT2D eigenvalue weighted by Gasteiger charge is -2.17. The standard InChI is InChI=1S/C23H21F3N4O2/c1-29(16-21(31)28-20-10-6-5-9-19(20)23(24,25)26)22(32)12-11-18-13-27-30(15-18)14-17-7-3-2-4-8-17/h2-13,15H,14,16H2,1H3,(H,28,31). The number of hydrogen-bond donors (Lipinski definition) is 1. The highest BCUT2D eigenvalue weighted by molar-refractivity contribution is 5.98. The van der Waals surface area contributed by atoms with Crippen LogP contribution in [-0.4, -0.2) is 40.1 Å². The largest absolute Gasteiger partial charge is 0.418 e. The van der Waals surface area contributed by atoms with E-state index in [2.05, 4.69) is 10.4 Å². The van der Waals surface area contributed by atoms with Crippen molar-refractivity contribution in [2.75, 3.05) is 18.9 Å². The van der Waals surface area contributed by atoms with Crippen LogP contribution in [0.15, 0.2) is 73.1 Å². The number of likely N-dealkylation sites (N-methyl/N-ethyl adjacent to an activating group) is 1. The summed E-state index contributed by atoms with van der Waals surface area (Å²) in [6, 6.07) is 14.4. The van der Waals surface area contributed by atoms with Gasteiger partial charge in [0.15, 0.2) is 0 Å². The molecule has 0 saturated carbocycles. The molecule has 0 atom stereocenters. The number of para-hydroxylation sites is 1. The third kappa shape index (κ3) is 6.31. The zero-order valence-corrected chi connectivity index (χ0v) is 17.2. The second-order valence-corrected chi connectivity index (χ2v) is 7.08. The van der Waals surface area contributed by atoms with E-state index in [9.17, 15) is 22.8 Å². The van der Waals surface area contributed by atoms with E-state index in [0.29, 0.717) is 12.1 Å². The highest BCUT2D eigenvalue weighted by Gasteiger charge is 2.33. The topological polar surface area (TPSA) is 67.2 Å². The molecule has 0 unspecified atom stereocenters. The molecule has 2 aromatic carbocycles. The van der Waals surface area contributed by atoms with E-state index in [0.717, 1.165) is 22.6 Å². The molecular weight excluding hydrogens is 421 g/mol. The third-order valence-corrected chi connectivity index (χ3v) is 4.52. The van der Waals surface area contributed by atoms with E-state index in [4.69, 9.17) is 0 Å². The van der Waals surface area contributed by atoms with Gasteiger partial charge in [0.05, 0.1) is 30.5 Å². The molecule has 6 nitrogen and oxygen atoms in total. The monoisotopic (exact) mass is 442 g/mol. The fourth-order valence-electron chi connectivity index (χ4n) is 2.94. The van der Waals surface area contributed by atoms with Gasteiger partial charge in [-0.3, -0.25) is 14.3 Å². The highest BCUT2D eigenvalue weighted by Crippen LogP contribution is 2.34. The Morgan fingerprint density at radius 3 is 2.50 bits per heavy atom. The first-order valence-corrected chi connectivity index (χ1v) is 9.68. The molecule has 166 valence electrons. The van der Waals surface area contributed by atoms with Crippen LogP contribution in [0, 0.1) is 0 Å². The van der Waals surface area contributed by atoms with Crippen LogP contribution in [0.25, 0.3) is 6.08 Å². The lowest BCUT2D eigenvalue weighted by Crippen LogP contribution is -2.34. The summed E-state index contributed by atoms with van der Waals surface area (Å²) in [6.07, 6.45) is 1.62. The Morgan fingerprint density at radius 1 is 1.09 bits per heavy atom. The molecule has 0 aliphatic rings. The van der Waals surface area contributed by atoms with Gasteiger partial charge in [0.1, 0.15) is 0 Å². The molecule has 0 fully saturated rings. The third-order valence-electron chi connectivity index (χ3n) is 4.52. The Labute approximate surface area is 183 Å². The molecule has 0 aliphatic heterocycles. The van der Waals surface area contributed by atoms with Gasteiger partial charge in [-0.25, -0.2) is 0 Å². The second kappa shape index (κ2) is 9.95. The Morgan fingerprint density at radius 2 is 1.78 bits per heavy atom. The molecule has 1 heterocycles. The summed E-state index contributed by atoms with van der Waals surface area (Å²) in [5.74, 6) is -1.21. The van der Waals surface area contributed by atoms with Gasteiger partial charge in [-0.1, -0.05) is 42.5 Å². The molecule has 0 saturated heterocycles. The smallest absolute Gasteiger partial charge is 0.333 e. The summed E-state index contributed by atoms with van der Waals surface area (Å²) in [6.45, 7) is 0.185. The van der Waals surface area contributed by atoms with Crippen LogP contribution in [-0.2, 0) is 22.3 Å². The summed E-state index contributed by atoms with van der Waals surface area (Å²) >= 11 is 0. The number of carbonyl (C=O) groups is 2. The van der Waals surface area contributed by atoms with Crippen LogP contribution in [0.1, 0.15) is 16.7 Å². The average molecular weight is 442 g/mol. The Bertz CT molecular complexity index is 1110. The second-order valence-electron chi connectivity index (χ2n) is 7.08. The van der Waals surface area contributed by atoms with E-state index < -0.39 is 30.1 Å². The van der Waals surface area contributed by atoms with Crippen molar-refractivity contribution in [3.8, 4) is 0 Å². The molecule has 3 rings (SSSR count). The van der Waals surface area contributed by atoms with Gasteiger partial charge in [-0.2, -0.15) is 18.3 Å². The fraction of sp³-hybridized carbons (Fsp3) is 0.174. The van der Waals surface area contributed by atoms with Crippen molar-refractivity contribution < 1.29 is 22.8 Å². The quantitative estimate of drug-likeness (QED) is 0.561. The number of alkyl halides is 3. The molecule has 32 heavy (non-hydrogen) atoms. The van der Waals surface area contributed by atoms with Crippen molar-refractivity contribution in [3.63, 3.8) is 0 Å². The summed E-state index contributed by atoms with van der Waals surface area (Å²) in [4.78, 5) is 25.5. The summed E-state index contributed by atoms with van der Waals surface area (Å²) in [7, 11) is 1.39. The summed E-state index contributed by atoms with van der Waals surface area (Å²) < 4.78 is 40.9. The molecule has 0 bridgehead atoms. The van der Waals surface area contributed by atoms with Crippen LogP contribution in [0.5, 0.6) is 0 Å². The minimum Gasteiger partial charge on any atom is -0.333 e. The summed E-state index contributed by atoms with van der Waals surface area (Å²) in [5, 5.41) is 6.45. The van der Waals surface area contributed by atoms with Crippen molar-refractivity contribution in [2.45, 2.75) is 12.7 Å². The van der Waals surface area contributed by atoms with Crippen LogP contribution in [0.2, 0.25) is 0 Å². The number of nitrogens with one attached hydrogen (secondary N) is 1. The zero-order chi connectivity index (χ0) is 23.1. The van der Waals surface area contributed by atoms with Gasteiger partial charge in [0.2, 0.25) is 11.8 Å². The van der Waals surface area contributed by atoms with Crippen molar-refractivity contribution in [3.05, 3.63) is 89.8 Å². The lowest BCUT2D eigenvalue weighted by molar-refractivity contribution is -0.137. The molecule has 1 aromatic heterocycles. The Hall–Kier alpha value is -3.88. The number of halogens is 3. The van der Waals surface area contributed by atoms with Crippen molar-refractivity contribution >= 4 is 23.6 Å². The van der Waals surface area contributed by atoms with E-state index in [1.165, 1.54) is 25.3 Å². The molecule has 3 aromatic rings. The van der Waals surface area contributed by atoms with Crippen molar-refractivity contribution in [1.29, 1.82) is 0 Å². The molecule has 1 N–H and O–H groups in total. The predicted octanol–water partition coefficient (Wildman–Crippen LogP) is 4.06. The lowest BCUT2D eigenvalue weighted by atomic mass is 10.1. The number of hydrogen-bond acceptors (Lipinski definition) is 3. The van der Waals surface area contributed by atoms with Gasteiger partial charge in [0.25, 0.3) is 0 Å². The molecular formula is C23H21F3N4O2. The maximum absolute atomic E-state index is 13.0. The van der Waals surface area contributed by atoms with Crippen LogP contribution in [0.4, 0.5) is 18.9 Å². The van der Waals surface area contributed by atoms with Gasteiger partial charge in [-0.15, -0.1) is 0 Å². The SMILES string of the molecule is CN(CC(=O)Nc1ccccc1C(F)(F)F)C(=O)C=Cc1cnn(Cc2ccccc2)c1. The average Bonchev–Trinajstić information content (AvgIpc) is 3.19. The number of aromatic nitrogens is 2. The van der Waals surface area contributed by atoms with Gasteiger partial charge in [-0.05, 0) is 23.8 Å². The minimum absolute atomic E-state index is 0.354. The maximum atomic E-state index is 13.0. The van der Waals surface area contributed by atoms with E-state index in [1.54, 1.807) is 23.2 Å². The van der Waals surface area contributed by atoms with E-state index >= 15 is 0 Å². The molecule has 0 radical (unpaired) electrons. The zero-order valence-electron chi connectivity index (χ0n) is 17.2. The van der Waals surface area contributed by atoms with Gasteiger partial charge < -0.3 is 10.2 Å². The van der Waals surface area contributed by atoms with E-state index in [-0.39, 0.29) is 5.69 Å². The Balaban J connectivity index is 1.55. The first kappa shape index (κ1) is 22.8. The number of benzene rings is 2. The highest BCUT2D eigenvalue weighted by atomic mass is 19.4. The number of carbonyl (C=O) groups excluding carboxylic acids is 2. The first-order valence-electron chi connectivity index (χ1n) is 9.68. The fourth-order valence-corrected chi connectivity index (χ4v) is 2.94. The molecule has 2 amide bonds. The predicted molar refractivity (Wildman–Crippen MR) is 115 cm³/mol. The maximum Gasteiger partial charge on any atom is 0.418 e. The first-order chi connectivity index (χ1) is 15.2. The summed E-state index contributed by atoms with van der Waals surface area (Å²) in [5.41, 5.74) is 0.480. The van der Waals surface area contributed by atoms with Crippen LogP contribution in [0.3, 0.4) is 0 Å². The molecule has 0 aliphatic carbocycles. The number of rotatable bonds is 7. The normalized spacial score (nSPS) is 11.5. The minimum atomic E-state index is -4.60. The molecule has 0 spiro atoms. The molecule has 9 heteroatoms. The van der Waals surface area contributed by atoms with Gasteiger partial charge >= 0.3 is 6.18 Å². The van der Waals surface area contributed by atoms with Crippen molar-refractivity contribution in [1.82, 2.24) is 14.7 Å².